The SMILES string of the molecule is C[C@@H](NCc1ccc([N+](=O)[O-])c(F)c1)C1CCCC1. The first kappa shape index (κ1) is 13.9. The van der Waals surface area contributed by atoms with Crippen molar-refractivity contribution in [3.05, 3.63) is 39.7 Å². The van der Waals surface area contributed by atoms with E-state index in [9.17, 15) is 14.5 Å². The first-order valence-corrected chi connectivity index (χ1v) is 6.74. The maximum atomic E-state index is 13.5. The quantitative estimate of drug-likeness (QED) is 0.656. The van der Waals surface area contributed by atoms with Gasteiger partial charge in [-0.2, -0.15) is 4.39 Å². The van der Waals surface area contributed by atoms with Crippen molar-refractivity contribution in [1.29, 1.82) is 0 Å². The van der Waals surface area contributed by atoms with Gasteiger partial charge in [0.25, 0.3) is 0 Å². The summed E-state index contributed by atoms with van der Waals surface area (Å²) in [5.41, 5.74) is 0.278. The zero-order chi connectivity index (χ0) is 13.8. The molecule has 5 heteroatoms. The third-order valence-corrected chi connectivity index (χ3v) is 3.94. The third-order valence-electron chi connectivity index (χ3n) is 3.94. The van der Waals surface area contributed by atoms with Crippen molar-refractivity contribution in [2.45, 2.75) is 45.2 Å². The van der Waals surface area contributed by atoms with Gasteiger partial charge in [-0.15, -0.1) is 0 Å². The first-order chi connectivity index (χ1) is 9.08. The molecule has 0 spiro atoms. The zero-order valence-electron chi connectivity index (χ0n) is 11.1. The molecule has 1 atom stereocenters. The summed E-state index contributed by atoms with van der Waals surface area (Å²) in [7, 11) is 0. The van der Waals surface area contributed by atoms with E-state index in [4.69, 9.17) is 0 Å². The molecule has 1 aliphatic carbocycles. The minimum Gasteiger partial charge on any atom is -0.310 e. The van der Waals surface area contributed by atoms with Crippen LogP contribution in [-0.4, -0.2) is 11.0 Å². The van der Waals surface area contributed by atoms with E-state index >= 15 is 0 Å². The molecule has 19 heavy (non-hydrogen) atoms. The molecule has 1 aromatic carbocycles. The fraction of sp³-hybridized carbons (Fsp3) is 0.571. The molecule has 0 unspecified atom stereocenters. The van der Waals surface area contributed by atoms with E-state index in [1.165, 1.54) is 37.8 Å². The number of benzene rings is 1. The molecule has 2 rings (SSSR count). The highest BCUT2D eigenvalue weighted by Crippen LogP contribution is 2.27. The predicted molar refractivity (Wildman–Crippen MR) is 71.3 cm³/mol. The van der Waals surface area contributed by atoms with E-state index in [-0.39, 0.29) is 0 Å². The van der Waals surface area contributed by atoms with Gasteiger partial charge in [0.1, 0.15) is 0 Å². The second-order valence-electron chi connectivity index (χ2n) is 5.26. The highest BCUT2D eigenvalue weighted by atomic mass is 19.1. The van der Waals surface area contributed by atoms with Gasteiger partial charge in [0, 0.05) is 18.7 Å². The standard InChI is InChI=1S/C14H19FN2O2/c1-10(12-4-2-3-5-12)16-9-11-6-7-14(17(18)19)13(15)8-11/h6-8,10,12,16H,2-5,9H2,1H3/t10-/m1/s1. The normalized spacial score (nSPS) is 17.6. The molecule has 0 radical (unpaired) electrons. The summed E-state index contributed by atoms with van der Waals surface area (Å²) < 4.78 is 13.5. The Bertz CT molecular complexity index is 459. The van der Waals surface area contributed by atoms with Gasteiger partial charge in [0.2, 0.25) is 5.82 Å². The summed E-state index contributed by atoms with van der Waals surface area (Å²) in [5, 5.41) is 13.9. The van der Waals surface area contributed by atoms with Crippen molar-refractivity contribution in [2.75, 3.05) is 0 Å². The summed E-state index contributed by atoms with van der Waals surface area (Å²) >= 11 is 0. The first-order valence-electron chi connectivity index (χ1n) is 6.74. The average Bonchev–Trinajstić information content (AvgIpc) is 2.89. The lowest BCUT2D eigenvalue weighted by atomic mass is 9.99. The molecule has 1 N–H and O–H groups in total. The van der Waals surface area contributed by atoms with Crippen molar-refractivity contribution >= 4 is 5.69 Å². The Morgan fingerprint density at radius 1 is 1.47 bits per heavy atom. The number of rotatable bonds is 5. The summed E-state index contributed by atoms with van der Waals surface area (Å²) in [6, 6.07) is 4.48. The van der Waals surface area contributed by atoms with Crippen LogP contribution < -0.4 is 5.32 Å². The Balaban J connectivity index is 1.92. The highest BCUT2D eigenvalue weighted by Gasteiger charge is 2.21. The Kier molecular flexibility index (Phi) is 4.47. The molecule has 0 amide bonds. The van der Waals surface area contributed by atoms with Crippen molar-refractivity contribution in [2.24, 2.45) is 5.92 Å². The maximum absolute atomic E-state index is 13.5. The van der Waals surface area contributed by atoms with Crippen LogP contribution in [0.4, 0.5) is 10.1 Å². The molecule has 0 aliphatic heterocycles. The lowest BCUT2D eigenvalue weighted by Crippen LogP contribution is -2.31. The fourth-order valence-corrected chi connectivity index (χ4v) is 2.71. The average molecular weight is 266 g/mol. The van der Waals surface area contributed by atoms with E-state index in [2.05, 4.69) is 12.2 Å². The molecule has 0 aromatic heterocycles. The minimum absolute atomic E-state index is 0.403. The second kappa shape index (κ2) is 6.10. The summed E-state index contributed by atoms with van der Waals surface area (Å²) in [6.07, 6.45) is 5.09. The molecule has 104 valence electrons. The van der Waals surface area contributed by atoms with Gasteiger partial charge in [-0.1, -0.05) is 18.9 Å². The molecule has 0 saturated heterocycles. The Labute approximate surface area is 112 Å². The van der Waals surface area contributed by atoms with Crippen LogP contribution in [0.25, 0.3) is 0 Å². The van der Waals surface area contributed by atoms with Crippen LogP contribution in [0, 0.1) is 21.8 Å². The van der Waals surface area contributed by atoms with Crippen LogP contribution in [0.1, 0.15) is 38.2 Å². The summed E-state index contributed by atoms with van der Waals surface area (Å²) in [4.78, 5) is 9.82. The van der Waals surface area contributed by atoms with E-state index in [0.29, 0.717) is 18.5 Å². The van der Waals surface area contributed by atoms with Gasteiger partial charge < -0.3 is 5.32 Å². The molecule has 0 bridgehead atoms. The molecule has 4 nitrogen and oxygen atoms in total. The molecular weight excluding hydrogens is 247 g/mol. The van der Waals surface area contributed by atoms with E-state index < -0.39 is 16.4 Å². The van der Waals surface area contributed by atoms with E-state index in [1.54, 1.807) is 6.07 Å². The zero-order valence-corrected chi connectivity index (χ0v) is 11.1. The summed E-state index contributed by atoms with van der Waals surface area (Å²) in [6.45, 7) is 2.70. The van der Waals surface area contributed by atoms with Crippen LogP contribution in [0.5, 0.6) is 0 Å². The minimum atomic E-state index is -0.766. The topological polar surface area (TPSA) is 55.2 Å². The smallest absolute Gasteiger partial charge is 0.304 e. The largest absolute Gasteiger partial charge is 0.310 e. The molecular formula is C14H19FN2O2. The number of nitro benzene ring substituents is 1. The van der Waals surface area contributed by atoms with Gasteiger partial charge >= 0.3 is 5.69 Å². The van der Waals surface area contributed by atoms with Gasteiger partial charge in [-0.05, 0) is 37.3 Å². The number of nitro groups is 1. The van der Waals surface area contributed by atoms with Crippen LogP contribution in [0.3, 0.4) is 0 Å². The van der Waals surface area contributed by atoms with Crippen molar-refractivity contribution in [3.8, 4) is 0 Å². The fourth-order valence-electron chi connectivity index (χ4n) is 2.71. The van der Waals surface area contributed by atoms with Crippen molar-refractivity contribution < 1.29 is 9.31 Å². The maximum Gasteiger partial charge on any atom is 0.304 e. The van der Waals surface area contributed by atoms with Gasteiger partial charge in [0.15, 0.2) is 0 Å². The second-order valence-corrected chi connectivity index (χ2v) is 5.26. The lowest BCUT2D eigenvalue weighted by molar-refractivity contribution is -0.387. The number of hydrogen-bond donors (Lipinski definition) is 1. The molecule has 1 saturated carbocycles. The molecule has 0 heterocycles. The number of nitrogens with one attached hydrogen (secondary N) is 1. The van der Waals surface area contributed by atoms with Crippen LogP contribution >= 0.6 is 0 Å². The van der Waals surface area contributed by atoms with Gasteiger partial charge in [-0.3, -0.25) is 10.1 Å². The Morgan fingerprint density at radius 2 is 2.16 bits per heavy atom. The van der Waals surface area contributed by atoms with E-state index in [0.717, 1.165) is 5.56 Å². The number of halogens is 1. The molecule has 1 fully saturated rings. The molecule has 1 aromatic rings. The van der Waals surface area contributed by atoms with Crippen molar-refractivity contribution in [3.63, 3.8) is 0 Å². The highest BCUT2D eigenvalue weighted by molar-refractivity contribution is 5.34. The van der Waals surface area contributed by atoms with Crippen LogP contribution in [-0.2, 0) is 6.54 Å². The van der Waals surface area contributed by atoms with Gasteiger partial charge in [-0.25, -0.2) is 0 Å². The van der Waals surface area contributed by atoms with E-state index in [1.807, 2.05) is 0 Å². The predicted octanol–water partition coefficient (Wildman–Crippen LogP) is 3.40. The number of hydrogen-bond acceptors (Lipinski definition) is 3. The molecule has 1 aliphatic rings. The lowest BCUT2D eigenvalue weighted by Gasteiger charge is -2.20. The number of nitrogens with zero attached hydrogens (tertiary/aromatic N) is 1. The van der Waals surface area contributed by atoms with Crippen LogP contribution in [0.2, 0.25) is 0 Å². The van der Waals surface area contributed by atoms with Crippen LogP contribution in [0.15, 0.2) is 18.2 Å². The van der Waals surface area contributed by atoms with Crippen molar-refractivity contribution in [1.82, 2.24) is 5.32 Å². The van der Waals surface area contributed by atoms with Gasteiger partial charge in [0.05, 0.1) is 4.92 Å². The summed E-state index contributed by atoms with van der Waals surface area (Å²) in [5.74, 6) is -0.0688. The third kappa shape index (κ3) is 3.50. The Morgan fingerprint density at radius 3 is 2.74 bits per heavy atom. The monoisotopic (exact) mass is 266 g/mol. The Hall–Kier alpha value is -1.49.